The Labute approximate surface area is 188 Å². The highest BCUT2D eigenvalue weighted by Gasteiger charge is 2.15. The molecular weight excluding hydrogens is 426 g/mol. The molecule has 2 N–H and O–H groups in total. The molecule has 0 atom stereocenters. The summed E-state index contributed by atoms with van der Waals surface area (Å²) in [5.74, 6) is 0.345. The van der Waals surface area contributed by atoms with Crippen molar-refractivity contribution in [2.75, 3.05) is 11.1 Å². The van der Waals surface area contributed by atoms with E-state index in [1.54, 1.807) is 0 Å². The smallest absolute Gasteiger partial charge is 0.260 e. The van der Waals surface area contributed by atoms with Crippen LogP contribution >= 0.6 is 23.1 Å². The summed E-state index contributed by atoms with van der Waals surface area (Å²) >= 11 is 2.67. The number of hydrogen-bond donors (Lipinski definition) is 2. The largest absolute Gasteiger partial charge is 0.325 e. The summed E-state index contributed by atoms with van der Waals surface area (Å²) < 4.78 is 0. The molecule has 158 valence electrons. The third kappa shape index (κ3) is 4.57. The van der Waals surface area contributed by atoms with E-state index in [0.29, 0.717) is 21.3 Å². The molecule has 0 spiro atoms. The minimum absolute atomic E-state index is 0.125. The van der Waals surface area contributed by atoms with E-state index in [0.717, 1.165) is 27.9 Å². The molecule has 0 saturated heterocycles. The molecule has 0 saturated carbocycles. The average Bonchev–Trinajstić information content (AvgIpc) is 3.19. The number of thioether (sulfide) groups is 1. The van der Waals surface area contributed by atoms with E-state index >= 15 is 0 Å². The van der Waals surface area contributed by atoms with E-state index < -0.39 is 0 Å². The summed E-state index contributed by atoms with van der Waals surface area (Å²) in [6.45, 7) is 6.20. The van der Waals surface area contributed by atoms with Gasteiger partial charge in [-0.2, -0.15) is 0 Å². The number of rotatable bonds is 6. The van der Waals surface area contributed by atoms with Gasteiger partial charge < -0.3 is 10.3 Å². The van der Waals surface area contributed by atoms with Crippen molar-refractivity contribution in [2.24, 2.45) is 0 Å². The molecule has 0 aliphatic carbocycles. The van der Waals surface area contributed by atoms with E-state index in [9.17, 15) is 9.59 Å². The molecular formula is C24H23N3O2S2. The van der Waals surface area contributed by atoms with Crippen LogP contribution in [0.5, 0.6) is 0 Å². The SMILES string of the molecule is Cc1cccc(C(C)C)c1NC(=O)CSc1nc2scc(-c3ccccc3)c2c(=O)[nH]1. The molecule has 2 aromatic heterocycles. The lowest BCUT2D eigenvalue weighted by Crippen LogP contribution is -2.17. The summed E-state index contributed by atoms with van der Waals surface area (Å²) in [6, 6.07) is 15.8. The zero-order valence-corrected chi connectivity index (χ0v) is 19.2. The van der Waals surface area contributed by atoms with Gasteiger partial charge in [0.1, 0.15) is 4.83 Å². The number of aryl methyl sites for hydroxylation is 1. The number of benzene rings is 2. The number of hydrogen-bond acceptors (Lipinski definition) is 5. The van der Waals surface area contributed by atoms with Gasteiger partial charge in [-0.05, 0) is 29.5 Å². The maximum absolute atomic E-state index is 12.8. The molecule has 4 rings (SSSR count). The number of nitrogens with one attached hydrogen (secondary N) is 2. The predicted octanol–water partition coefficient (Wildman–Crippen LogP) is 5.81. The standard InChI is InChI=1S/C24H23N3O2S2/c1-14(2)17-11-7-8-15(3)21(17)25-19(28)13-31-24-26-22(29)20-18(12-30-23(20)27-24)16-9-5-4-6-10-16/h4-12,14H,13H2,1-3H3,(H,25,28)(H,26,27,29). The lowest BCUT2D eigenvalue weighted by atomic mass is 9.98. The van der Waals surface area contributed by atoms with Crippen molar-refractivity contribution < 1.29 is 4.79 Å². The van der Waals surface area contributed by atoms with Crippen LogP contribution in [0.15, 0.2) is 63.9 Å². The number of H-pyrrole nitrogens is 1. The van der Waals surface area contributed by atoms with Crippen molar-refractivity contribution in [1.82, 2.24) is 9.97 Å². The zero-order valence-electron chi connectivity index (χ0n) is 17.6. The highest BCUT2D eigenvalue weighted by atomic mass is 32.2. The Balaban J connectivity index is 1.52. The first-order valence-corrected chi connectivity index (χ1v) is 11.9. The van der Waals surface area contributed by atoms with Gasteiger partial charge in [-0.3, -0.25) is 9.59 Å². The fraction of sp³-hybridized carbons (Fsp3) is 0.208. The third-order valence-corrected chi connectivity index (χ3v) is 6.78. The Morgan fingerprint density at radius 1 is 1.16 bits per heavy atom. The van der Waals surface area contributed by atoms with Crippen LogP contribution in [0, 0.1) is 6.92 Å². The monoisotopic (exact) mass is 449 g/mol. The molecule has 4 aromatic rings. The molecule has 0 bridgehead atoms. The fourth-order valence-corrected chi connectivity index (χ4v) is 5.15. The zero-order chi connectivity index (χ0) is 22.0. The van der Waals surface area contributed by atoms with Gasteiger partial charge in [-0.15, -0.1) is 11.3 Å². The molecule has 31 heavy (non-hydrogen) atoms. The lowest BCUT2D eigenvalue weighted by molar-refractivity contribution is -0.113. The van der Waals surface area contributed by atoms with Gasteiger partial charge in [-0.1, -0.05) is 74.1 Å². The number of amides is 1. The molecule has 7 heteroatoms. The van der Waals surface area contributed by atoms with Gasteiger partial charge in [-0.25, -0.2) is 4.98 Å². The molecule has 2 aromatic carbocycles. The average molecular weight is 450 g/mol. The van der Waals surface area contributed by atoms with Crippen LogP contribution in [-0.2, 0) is 4.79 Å². The first-order chi connectivity index (χ1) is 14.9. The summed E-state index contributed by atoms with van der Waals surface area (Å²) in [5.41, 5.74) is 4.69. The van der Waals surface area contributed by atoms with Crippen molar-refractivity contribution in [3.63, 3.8) is 0 Å². The highest BCUT2D eigenvalue weighted by Crippen LogP contribution is 2.31. The van der Waals surface area contributed by atoms with Crippen molar-refractivity contribution >= 4 is 44.9 Å². The topological polar surface area (TPSA) is 74.8 Å². The van der Waals surface area contributed by atoms with Crippen LogP contribution in [-0.4, -0.2) is 21.6 Å². The van der Waals surface area contributed by atoms with Crippen LogP contribution in [0.25, 0.3) is 21.3 Å². The van der Waals surface area contributed by atoms with Crippen molar-refractivity contribution in [2.45, 2.75) is 31.8 Å². The van der Waals surface area contributed by atoms with Crippen LogP contribution < -0.4 is 10.9 Å². The van der Waals surface area contributed by atoms with Gasteiger partial charge in [0.2, 0.25) is 5.91 Å². The Morgan fingerprint density at radius 2 is 1.94 bits per heavy atom. The summed E-state index contributed by atoms with van der Waals surface area (Å²) in [6.07, 6.45) is 0. The fourth-order valence-electron chi connectivity index (χ4n) is 3.48. The van der Waals surface area contributed by atoms with Crippen molar-refractivity contribution in [1.29, 1.82) is 0 Å². The second kappa shape index (κ2) is 9.08. The number of anilines is 1. The first-order valence-electron chi connectivity index (χ1n) is 10.0. The van der Waals surface area contributed by atoms with Crippen LogP contribution in [0.4, 0.5) is 5.69 Å². The first kappa shape index (κ1) is 21.3. The Kier molecular flexibility index (Phi) is 6.25. The minimum Gasteiger partial charge on any atom is -0.325 e. The second-order valence-electron chi connectivity index (χ2n) is 7.60. The number of nitrogens with zero attached hydrogens (tertiary/aromatic N) is 1. The van der Waals surface area contributed by atoms with Crippen LogP contribution in [0.3, 0.4) is 0 Å². The lowest BCUT2D eigenvalue weighted by Gasteiger charge is -2.16. The van der Waals surface area contributed by atoms with Crippen LogP contribution in [0.1, 0.15) is 30.9 Å². The van der Waals surface area contributed by atoms with Gasteiger partial charge in [0.25, 0.3) is 5.56 Å². The van der Waals surface area contributed by atoms with Gasteiger partial charge in [0.05, 0.1) is 11.1 Å². The normalized spacial score (nSPS) is 11.2. The summed E-state index contributed by atoms with van der Waals surface area (Å²) in [7, 11) is 0. The highest BCUT2D eigenvalue weighted by molar-refractivity contribution is 7.99. The van der Waals surface area contributed by atoms with Crippen molar-refractivity contribution in [3.8, 4) is 11.1 Å². The molecule has 0 aliphatic heterocycles. The Morgan fingerprint density at radius 3 is 2.68 bits per heavy atom. The molecule has 0 aliphatic rings. The van der Waals surface area contributed by atoms with E-state index in [-0.39, 0.29) is 17.2 Å². The number of thiophene rings is 1. The van der Waals surface area contributed by atoms with Gasteiger partial charge in [0.15, 0.2) is 5.16 Å². The van der Waals surface area contributed by atoms with Gasteiger partial charge in [0, 0.05) is 16.6 Å². The number of aromatic amines is 1. The predicted molar refractivity (Wildman–Crippen MR) is 130 cm³/mol. The molecule has 0 fully saturated rings. The number of fused-ring (bicyclic) bond motifs is 1. The van der Waals surface area contributed by atoms with Gasteiger partial charge >= 0.3 is 0 Å². The number of para-hydroxylation sites is 1. The van der Waals surface area contributed by atoms with Crippen molar-refractivity contribution in [3.05, 3.63) is 75.4 Å². The number of aromatic nitrogens is 2. The number of carbonyl (C=O) groups excluding carboxylic acids is 1. The third-order valence-electron chi connectivity index (χ3n) is 5.04. The molecule has 5 nitrogen and oxygen atoms in total. The maximum atomic E-state index is 12.8. The second-order valence-corrected chi connectivity index (χ2v) is 9.42. The quantitative estimate of drug-likeness (QED) is 0.288. The molecule has 2 heterocycles. The van der Waals surface area contributed by atoms with E-state index in [1.807, 2.05) is 60.8 Å². The maximum Gasteiger partial charge on any atom is 0.260 e. The van der Waals surface area contributed by atoms with Crippen LogP contribution in [0.2, 0.25) is 0 Å². The minimum atomic E-state index is -0.186. The summed E-state index contributed by atoms with van der Waals surface area (Å²) in [5, 5.41) is 6.02. The van der Waals surface area contributed by atoms with E-state index in [2.05, 4.69) is 29.1 Å². The Hall–Kier alpha value is -2.90. The summed E-state index contributed by atoms with van der Waals surface area (Å²) in [4.78, 5) is 33.4. The molecule has 0 unspecified atom stereocenters. The van der Waals surface area contributed by atoms with E-state index in [1.165, 1.54) is 23.1 Å². The number of carbonyl (C=O) groups is 1. The molecule has 0 radical (unpaired) electrons. The van der Waals surface area contributed by atoms with E-state index in [4.69, 9.17) is 0 Å². The Bertz CT molecular complexity index is 1290. The molecule has 1 amide bonds.